The van der Waals surface area contributed by atoms with Gasteiger partial charge in [0.2, 0.25) is 0 Å². The number of hydrogen-bond acceptors (Lipinski definition) is 5. The second-order valence-electron chi connectivity index (χ2n) is 8.37. The van der Waals surface area contributed by atoms with E-state index >= 15 is 0 Å². The van der Waals surface area contributed by atoms with Crippen molar-refractivity contribution in [1.29, 1.82) is 0 Å². The highest BCUT2D eigenvalue weighted by Crippen LogP contribution is 2.20. The Morgan fingerprint density at radius 3 is 2.52 bits per heavy atom. The summed E-state index contributed by atoms with van der Waals surface area (Å²) in [5.74, 6) is 0.461. The van der Waals surface area contributed by atoms with Gasteiger partial charge in [0, 0.05) is 43.5 Å². The molecule has 0 amide bonds. The van der Waals surface area contributed by atoms with Gasteiger partial charge in [-0.15, -0.1) is 0 Å². The molecule has 7 heteroatoms. The van der Waals surface area contributed by atoms with Crippen molar-refractivity contribution < 1.29 is 0 Å². The zero-order valence-corrected chi connectivity index (χ0v) is 16.5. The van der Waals surface area contributed by atoms with E-state index in [0.717, 1.165) is 38.2 Å². The lowest BCUT2D eigenvalue weighted by Crippen LogP contribution is -2.39. The maximum atomic E-state index is 12.2. The molecule has 1 aliphatic rings. The number of nitrogens with zero attached hydrogens (tertiary/aromatic N) is 5. The number of hydrogen-bond donors (Lipinski definition) is 0. The standard InChI is InChI=1S/C20H29N5O2/c1-20(2,3)17-5-6-18(26)25(22-17)15-16-7-11-23(12-8-16)13-14-24-10-4-9-21-19(24)27/h4-6,9-10,16H,7-8,11-15H2,1-3H3. The smallest absolute Gasteiger partial charge is 0.302 e. The Balaban J connectivity index is 1.53. The second-order valence-corrected chi connectivity index (χ2v) is 8.37. The number of aromatic nitrogens is 4. The lowest BCUT2D eigenvalue weighted by molar-refractivity contribution is 0.164. The van der Waals surface area contributed by atoms with Crippen LogP contribution in [0.15, 0.2) is 40.2 Å². The highest BCUT2D eigenvalue weighted by molar-refractivity contribution is 5.10. The highest BCUT2D eigenvalue weighted by Gasteiger charge is 2.22. The maximum absolute atomic E-state index is 12.2. The summed E-state index contributed by atoms with van der Waals surface area (Å²) in [6.45, 7) is 10.5. The Kier molecular flexibility index (Phi) is 5.89. The molecule has 0 bridgehead atoms. The summed E-state index contributed by atoms with van der Waals surface area (Å²) in [4.78, 5) is 30.0. The van der Waals surface area contributed by atoms with E-state index in [4.69, 9.17) is 0 Å². The van der Waals surface area contributed by atoms with Gasteiger partial charge in [0.15, 0.2) is 0 Å². The first-order chi connectivity index (χ1) is 12.8. The monoisotopic (exact) mass is 371 g/mol. The third-order valence-electron chi connectivity index (χ3n) is 5.21. The van der Waals surface area contributed by atoms with Crippen molar-refractivity contribution >= 4 is 0 Å². The van der Waals surface area contributed by atoms with Crippen LogP contribution in [0.1, 0.15) is 39.3 Å². The van der Waals surface area contributed by atoms with Crippen LogP contribution in [-0.2, 0) is 18.5 Å². The Morgan fingerprint density at radius 1 is 1.11 bits per heavy atom. The van der Waals surface area contributed by atoms with Gasteiger partial charge >= 0.3 is 5.69 Å². The Morgan fingerprint density at radius 2 is 1.85 bits per heavy atom. The minimum atomic E-state index is -0.198. The van der Waals surface area contributed by atoms with Crippen LogP contribution in [0.5, 0.6) is 0 Å². The average Bonchev–Trinajstić information content (AvgIpc) is 2.63. The van der Waals surface area contributed by atoms with Crippen LogP contribution in [0, 0.1) is 5.92 Å². The average molecular weight is 371 g/mol. The molecule has 1 aliphatic heterocycles. The summed E-state index contributed by atoms with van der Waals surface area (Å²) in [5.41, 5.74) is 0.655. The van der Waals surface area contributed by atoms with Crippen LogP contribution in [-0.4, -0.2) is 43.9 Å². The summed E-state index contributed by atoms with van der Waals surface area (Å²) in [5, 5.41) is 4.59. The molecule has 3 rings (SSSR count). The predicted molar refractivity (Wildman–Crippen MR) is 105 cm³/mol. The van der Waals surface area contributed by atoms with Crippen molar-refractivity contribution in [3.63, 3.8) is 0 Å². The predicted octanol–water partition coefficient (Wildman–Crippen LogP) is 1.51. The summed E-state index contributed by atoms with van der Waals surface area (Å²) in [6, 6.07) is 5.25. The molecule has 27 heavy (non-hydrogen) atoms. The van der Waals surface area contributed by atoms with Crippen LogP contribution >= 0.6 is 0 Å². The van der Waals surface area contributed by atoms with Crippen molar-refractivity contribution in [2.75, 3.05) is 19.6 Å². The van der Waals surface area contributed by atoms with Gasteiger partial charge in [-0.3, -0.25) is 9.36 Å². The highest BCUT2D eigenvalue weighted by atomic mass is 16.1. The lowest BCUT2D eigenvalue weighted by Gasteiger charge is -2.32. The SMILES string of the molecule is CC(C)(C)c1ccc(=O)n(CC2CCN(CCn3cccnc3=O)CC2)n1. The fourth-order valence-electron chi connectivity index (χ4n) is 3.42. The molecule has 0 aliphatic carbocycles. The molecule has 0 saturated carbocycles. The topological polar surface area (TPSA) is 73.0 Å². The van der Waals surface area contributed by atoms with Crippen molar-refractivity contribution in [3.8, 4) is 0 Å². The molecule has 1 fully saturated rings. The Labute approximate surface area is 159 Å². The van der Waals surface area contributed by atoms with Crippen LogP contribution in [0.4, 0.5) is 0 Å². The van der Waals surface area contributed by atoms with E-state index in [1.165, 1.54) is 6.20 Å². The molecule has 2 aromatic rings. The first kappa shape index (κ1) is 19.5. The van der Waals surface area contributed by atoms with Crippen molar-refractivity contribution in [2.45, 2.75) is 52.1 Å². The minimum Gasteiger partial charge on any atom is -0.302 e. The molecule has 0 N–H and O–H groups in total. The molecule has 146 valence electrons. The molecule has 0 spiro atoms. The summed E-state index contributed by atoms with van der Waals surface area (Å²) in [7, 11) is 0. The van der Waals surface area contributed by atoms with Crippen molar-refractivity contribution in [1.82, 2.24) is 24.2 Å². The molecule has 1 saturated heterocycles. The lowest BCUT2D eigenvalue weighted by atomic mass is 9.92. The van der Waals surface area contributed by atoms with Gasteiger partial charge in [-0.2, -0.15) is 5.10 Å². The van der Waals surface area contributed by atoms with Crippen LogP contribution in [0.25, 0.3) is 0 Å². The van der Waals surface area contributed by atoms with E-state index < -0.39 is 0 Å². The largest absolute Gasteiger partial charge is 0.347 e. The molecule has 0 atom stereocenters. The Bertz CT molecular complexity index is 873. The Hall–Kier alpha value is -2.28. The molecular weight excluding hydrogens is 342 g/mol. The third-order valence-corrected chi connectivity index (χ3v) is 5.21. The minimum absolute atomic E-state index is 0.0265. The molecule has 2 aromatic heterocycles. The number of likely N-dealkylation sites (tertiary alicyclic amines) is 1. The van der Waals surface area contributed by atoms with E-state index in [0.29, 0.717) is 19.0 Å². The normalized spacial score (nSPS) is 16.6. The number of rotatable bonds is 5. The molecule has 0 unspecified atom stereocenters. The summed E-state index contributed by atoms with van der Waals surface area (Å²) in [6.07, 6.45) is 5.38. The van der Waals surface area contributed by atoms with E-state index in [9.17, 15) is 9.59 Å². The molecule has 3 heterocycles. The summed E-state index contributed by atoms with van der Waals surface area (Å²) < 4.78 is 3.28. The summed E-state index contributed by atoms with van der Waals surface area (Å²) >= 11 is 0. The number of piperidine rings is 1. The molecule has 7 nitrogen and oxygen atoms in total. The van der Waals surface area contributed by atoms with Gasteiger partial charge in [0.05, 0.1) is 5.69 Å². The van der Waals surface area contributed by atoms with Gasteiger partial charge in [-0.25, -0.2) is 14.5 Å². The van der Waals surface area contributed by atoms with E-state index in [2.05, 4.69) is 35.8 Å². The molecule has 0 radical (unpaired) electrons. The van der Waals surface area contributed by atoms with Crippen LogP contribution < -0.4 is 11.2 Å². The van der Waals surface area contributed by atoms with Gasteiger partial charge in [-0.1, -0.05) is 20.8 Å². The van der Waals surface area contributed by atoms with Gasteiger partial charge in [-0.05, 0) is 44.0 Å². The fourth-order valence-corrected chi connectivity index (χ4v) is 3.42. The van der Waals surface area contributed by atoms with Gasteiger partial charge in [0.1, 0.15) is 0 Å². The van der Waals surface area contributed by atoms with Crippen molar-refractivity contribution in [3.05, 3.63) is 57.1 Å². The fraction of sp³-hybridized carbons (Fsp3) is 0.600. The quantitative estimate of drug-likeness (QED) is 0.797. The first-order valence-corrected chi connectivity index (χ1v) is 9.65. The molecular formula is C20H29N5O2. The zero-order chi connectivity index (χ0) is 19.4. The third kappa shape index (κ3) is 5.13. The van der Waals surface area contributed by atoms with E-state index in [1.807, 2.05) is 6.07 Å². The van der Waals surface area contributed by atoms with Gasteiger partial charge in [0.25, 0.3) is 5.56 Å². The maximum Gasteiger partial charge on any atom is 0.347 e. The van der Waals surface area contributed by atoms with Gasteiger partial charge < -0.3 is 4.90 Å². The second kappa shape index (κ2) is 8.17. The zero-order valence-electron chi connectivity index (χ0n) is 16.5. The van der Waals surface area contributed by atoms with Crippen LogP contribution in [0.2, 0.25) is 0 Å². The van der Waals surface area contributed by atoms with E-state index in [-0.39, 0.29) is 16.7 Å². The molecule has 0 aromatic carbocycles. The first-order valence-electron chi connectivity index (χ1n) is 9.65. The van der Waals surface area contributed by atoms with Crippen molar-refractivity contribution in [2.24, 2.45) is 5.92 Å². The van der Waals surface area contributed by atoms with Crippen LogP contribution in [0.3, 0.4) is 0 Å². The van der Waals surface area contributed by atoms with E-state index in [1.54, 1.807) is 27.6 Å².